The molecule has 1 saturated heterocycles. The second-order valence-corrected chi connectivity index (χ2v) is 5.83. The van der Waals surface area contributed by atoms with Crippen LogP contribution < -0.4 is 5.32 Å². The Bertz CT molecular complexity index is 721. The summed E-state index contributed by atoms with van der Waals surface area (Å²) in [5, 5.41) is 16.4. The molecule has 1 aliphatic heterocycles. The zero-order valence-electron chi connectivity index (χ0n) is 13.3. The van der Waals surface area contributed by atoms with Crippen molar-refractivity contribution in [2.75, 3.05) is 13.1 Å². The molecule has 0 aliphatic carbocycles. The lowest BCUT2D eigenvalue weighted by Gasteiger charge is -2.25. The summed E-state index contributed by atoms with van der Waals surface area (Å²) in [6.07, 6.45) is 0.190. The monoisotopic (exact) mass is 334 g/mol. The molecule has 2 N–H and O–H groups in total. The highest BCUT2D eigenvalue weighted by Gasteiger charge is 2.35. The van der Waals surface area contributed by atoms with Crippen molar-refractivity contribution in [3.63, 3.8) is 0 Å². The van der Waals surface area contributed by atoms with Crippen molar-refractivity contribution in [2.45, 2.75) is 31.9 Å². The van der Waals surface area contributed by atoms with Crippen LogP contribution in [0.4, 0.5) is 9.18 Å². The van der Waals surface area contributed by atoms with Crippen LogP contribution in [0, 0.1) is 12.7 Å². The maximum Gasteiger partial charge on any atom is 0.318 e. The number of carbonyl (C=O) groups excluding carboxylic acids is 1. The molecular weight excluding hydrogens is 315 g/mol. The highest BCUT2D eigenvalue weighted by molar-refractivity contribution is 5.75. The van der Waals surface area contributed by atoms with Gasteiger partial charge < -0.3 is 19.8 Å². The van der Waals surface area contributed by atoms with Gasteiger partial charge in [-0.15, -0.1) is 0 Å². The van der Waals surface area contributed by atoms with Crippen molar-refractivity contribution in [1.82, 2.24) is 20.4 Å². The number of aryl methyl sites for hydroxylation is 1. The van der Waals surface area contributed by atoms with Crippen molar-refractivity contribution >= 4 is 6.03 Å². The van der Waals surface area contributed by atoms with Gasteiger partial charge in [0, 0.05) is 19.5 Å². The molecule has 1 fully saturated rings. The van der Waals surface area contributed by atoms with E-state index in [-0.39, 0.29) is 24.4 Å². The van der Waals surface area contributed by atoms with Crippen LogP contribution in [0.15, 0.2) is 28.8 Å². The number of aromatic nitrogens is 2. The van der Waals surface area contributed by atoms with Crippen LogP contribution in [0.25, 0.3) is 0 Å². The van der Waals surface area contributed by atoms with Gasteiger partial charge in [0.2, 0.25) is 5.89 Å². The van der Waals surface area contributed by atoms with Gasteiger partial charge in [-0.3, -0.25) is 0 Å². The molecule has 0 bridgehead atoms. The Morgan fingerprint density at radius 1 is 1.54 bits per heavy atom. The summed E-state index contributed by atoms with van der Waals surface area (Å²) in [5.74, 6) is 0.641. The van der Waals surface area contributed by atoms with E-state index in [0.717, 1.165) is 0 Å². The van der Waals surface area contributed by atoms with E-state index in [0.29, 0.717) is 36.7 Å². The SMILES string of the molecule is Cc1noc(CCNC(=O)N2C[C@@H](O)C[C@@H]2c2cccc(F)c2)n1. The van der Waals surface area contributed by atoms with Gasteiger partial charge in [0.05, 0.1) is 12.1 Å². The summed E-state index contributed by atoms with van der Waals surface area (Å²) in [5.41, 5.74) is 0.675. The lowest BCUT2D eigenvalue weighted by atomic mass is 10.0. The first-order chi connectivity index (χ1) is 11.5. The van der Waals surface area contributed by atoms with Crippen LogP contribution in [0.5, 0.6) is 0 Å². The molecule has 1 aliphatic rings. The number of benzene rings is 1. The number of amides is 2. The molecule has 1 aromatic heterocycles. The number of nitrogens with zero attached hydrogens (tertiary/aromatic N) is 3. The summed E-state index contributed by atoms with van der Waals surface area (Å²) in [6.45, 7) is 2.27. The minimum Gasteiger partial charge on any atom is -0.391 e. The molecule has 2 aromatic rings. The third-order valence-electron chi connectivity index (χ3n) is 3.96. The van der Waals surface area contributed by atoms with E-state index < -0.39 is 6.10 Å². The van der Waals surface area contributed by atoms with Crippen LogP contribution >= 0.6 is 0 Å². The molecule has 0 radical (unpaired) electrons. The first-order valence-electron chi connectivity index (χ1n) is 7.80. The van der Waals surface area contributed by atoms with Gasteiger partial charge in [0.25, 0.3) is 0 Å². The number of likely N-dealkylation sites (tertiary alicyclic amines) is 1. The largest absolute Gasteiger partial charge is 0.391 e. The fourth-order valence-electron chi connectivity index (χ4n) is 2.89. The smallest absolute Gasteiger partial charge is 0.318 e. The predicted molar refractivity (Wildman–Crippen MR) is 82.6 cm³/mol. The summed E-state index contributed by atoms with van der Waals surface area (Å²) in [6, 6.07) is 5.45. The van der Waals surface area contributed by atoms with E-state index in [2.05, 4.69) is 15.5 Å². The number of hydrogen-bond acceptors (Lipinski definition) is 5. The summed E-state index contributed by atoms with van der Waals surface area (Å²) in [7, 11) is 0. The zero-order chi connectivity index (χ0) is 17.1. The number of aliphatic hydroxyl groups excluding tert-OH is 1. The Kier molecular flexibility index (Phi) is 4.75. The quantitative estimate of drug-likeness (QED) is 0.886. The number of β-amino-alcohol motifs (C(OH)–C–C–N with tert-alkyl or cyclic N) is 1. The number of carbonyl (C=O) groups is 1. The second kappa shape index (κ2) is 6.96. The maximum absolute atomic E-state index is 13.4. The zero-order valence-corrected chi connectivity index (χ0v) is 13.3. The highest BCUT2D eigenvalue weighted by Crippen LogP contribution is 2.32. The van der Waals surface area contributed by atoms with Gasteiger partial charge in [-0.2, -0.15) is 4.98 Å². The average Bonchev–Trinajstić information content (AvgIpc) is 3.13. The minimum atomic E-state index is -0.623. The predicted octanol–water partition coefficient (Wildman–Crippen LogP) is 1.58. The van der Waals surface area contributed by atoms with Crippen molar-refractivity contribution in [1.29, 1.82) is 0 Å². The minimum absolute atomic E-state index is 0.215. The molecule has 0 unspecified atom stereocenters. The van der Waals surface area contributed by atoms with Gasteiger partial charge in [-0.1, -0.05) is 17.3 Å². The molecule has 0 saturated carbocycles. The number of nitrogens with one attached hydrogen (secondary N) is 1. The third kappa shape index (κ3) is 3.70. The fraction of sp³-hybridized carbons (Fsp3) is 0.438. The Balaban J connectivity index is 1.61. The van der Waals surface area contributed by atoms with Crippen LogP contribution in [0.3, 0.4) is 0 Å². The molecule has 7 nitrogen and oxygen atoms in total. The summed E-state index contributed by atoms with van der Waals surface area (Å²) < 4.78 is 18.4. The third-order valence-corrected chi connectivity index (χ3v) is 3.96. The van der Waals surface area contributed by atoms with E-state index in [1.165, 1.54) is 17.0 Å². The molecule has 2 amide bonds. The van der Waals surface area contributed by atoms with Gasteiger partial charge >= 0.3 is 6.03 Å². The van der Waals surface area contributed by atoms with Crippen LogP contribution in [-0.2, 0) is 6.42 Å². The topological polar surface area (TPSA) is 91.5 Å². The fourth-order valence-corrected chi connectivity index (χ4v) is 2.89. The Morgan fingerprint density at radius 3 is 3.08 bits per heavy atom. The highest BCUT2D eigenvalue weighted by atomic mass is 19.1. The van der Waals surface area contributed by atoms with Gasteiger partial charge in [-0.05, 0) is 31.0 Å². The van der Waals surface area contributed by atoms with Crippen LogP contribution in [-0.4, -0.2) is 45.4 Å². The molecule has 2 atom stereocenters. The Morgan fingerprint density at radius 2 is 2.38 bits per heavy atom. The van der Waals surface area contributed by atoms with E-state index >= 15 is 0 Å². The van der Waals surface area contributed by atoms with Crippen LogP contribution in [0.2, 0.25) is 0 Å². The lowest BCUT2D eigenvalue weighted by Crippen LogP contribution is -2.41. The first-order valence-corrected chi connectivity index (χ1v) is 7.80. The molecule has 2 heterocycles. The van der Waals surface area contributed by atoms with E-state index in [9.17, 15) is 14.3 Å². The van der Waals surface area contributed by atoms with E-state index in [1.54, 1.807) is 19.1 Å². The van der Waals surface area contributed by atoms with E-state index in [4.69, 9.17) is 4.52 Å². The summed E-state index contributed by atoms with van der Waals surface area (Å²) in [4.78, 5) is 18.0. The maximum atomic E-state index is 13.4. The number of rotatable bonds is 4. The van der Waals surface area contributed by atoms with E-state index in [1.807, 2.05) is 0 Å². The number of urea groups is 1. The molecule has 1 aromatic carbocycles. The molecule has 8 heteroatoms. The molecule has 24 heavy (non-hydrogen) atoms. The normalized spacial score (nSPS) is 20.4. The Labute approximate surface area is 138 Å². The van der Waals surface area contributed by atoms with Crippen molar-refractivity contribution < 1.29 is 18.8 Å². The lowest BCUT2D eigenvalue weighted by molar-refractivity contribution is 0.169. The number of aliphatic hydroxyl groups is 1. The van der Waals surface area contributed by atoms with Gasteiger partial charge in [0.1, 0.15) is 5.82 Å². The van der Waals surface area contributed by atoms with Gasteiger partial charge in [-0.25, -0.2) is 9.18 Å². The second-order valence-electron chi connectivity index (χ2n) is 5.83. The first kappa shape index (κ1) is 16.4. The standard InChI is InChI=1S/C16H19FN4O3/c1-10-19-15(24-20-10)5-6-18-16(23)21-9-13(22)8-14(21)11-3-2-4-12(17)7-11/h2-4,7,13-14,22H,5-6,8-9H2,1H3,(H,18,23)/t13-,14+/m0/s1. The molecular formula is C16H19FN4O3. The Hall–Kier alpha value is -2.48. The van der Waals surface area contributed by atoms with Crippen molar-refractivity contribution in [3.05, 3.63) is 47.4 Å². The number of hydrogen-bond donors (Lipinski definition) is 2. The summed E-state index contributed by atoms with van der Waals surface area (Å²) >= 11 is 0. The van der Waals surface area contributed by atoms with Crippen LogP contribution in [0.1, 0.15) is 29.7 Å². The number of halogens is 1. The van der Waals surface area contributed by atoms with Crippen molar-refractivity contribution in [2.24, 2.45) is 0 Å². The molecule has 128 valence electrons. The molecule has 3 rings (SSSR count). The average molecular weight is 334 g/mol. The van der Waals surface area contributed by atoms with Crippen molar-refractivity contribution in [3.8, 4) is 0 Å². The molecule has 0 spiro atoms. The van der Waals surface area contributed by atoms with Gasteiger partial charge in [0.15, 0.2) is 5.82 Å².